The molecule has 0 aliphatic heterocycles. The van der Waals surface area contributed by atoms with Crippen LogP contribution in [0.1, 0.15) is 66.2 Å². The van der Waals surface area contributed by atoms with Crippen LogP contribution < -0.4 is 10.6 Å². The molecule has 1 amide bonds. The van der Waals surface area contributed by atoms with Crippen molar-refractivity contribution >= 4 is 5.91 Å². The molecule has 3 heteroatoms. The lowest BCUT2D eigenvalue weighted by molar-refractivity contribution is -0.121. The smallest absolute Gasteiger partial charge is 0.234 e. The van der Waals surface area contributed by atoms with Crippen LogP contribution >= 0.6 is 0 Å². The van der Waals surface area contributed by atoms with Crippen molar-refractivity contribution in [2.24, 2.45) is 11.8 Å². The molecule has 1 fully saturated rings. The molecule has 0 unspecified atom stereocenters. The predicted octanol–water partition coefficient (Wildman–Crippen LogP) is 3.10. The lowest BCUT2D eigenvalue weighted by atomic mass is 9.81. The van der Waals surface area contributed by atoms with Gasteiger partial charge in [-0.15, -0.1) is 0 Å². The van der Waals surface area contributed by atoms with Crippen LogP contribution in [0, 0.1) is 11.8 Å². The van der Waals surface area contributed by atoms with Crippen molar-refractivity contribution in [3.8, 4) is 0 Å². The van der Waals surface area contributed by atoms with E-state index in [2.05, 4.69) is 38.3 Å². The largest absolute Gasteiger partial charge is 0.350 e. The molecule has 19 heavy (non-hydrogen) atoms. The summed E-state index contributed by atoms with van der Waals surface area (Å²) in [6.07, 6.45) is 7.69. The van der Waals surface area contributed by atoms with E-state index in [0.29, 0.717) is 6.54 Å². The van der Waals surface area contributed by atoms with E-state index in [1.165, 1.54) is 32.1 Å². The molecule has 3 nitrogen and oxygen atoms in total. The summed E-state index contributed by atoms with van der Waals surface area (Å²) in [5, 5.41) is 6.33. The molecule has 0 aromatic rings. The zero-order valence-electron chi connectivity index (χ0n) is 13.2. The molecule has 2 N–H and O–H groups in total. The van der Waals surface area contributed by atoms with Gasteiger partial charge in [0.2, 0.25) is 5.91 Å². The highest BCUT2D eigenvalue weighted by atomic mass is 16.2. The first-order valence-corrected chi connectivity index (χ1v) is 7.94. The quantitative estimate of drug-likeness (QED) is 0.697. The Labute approximate surface area is 118 Å². The second-order valence-electron chi connectivity index (χ2n) is 6.88. The van der Waals surface area contributed by atoms with Gasteiger partial charge in [0.15, 0.2) is 0 Å². The van der Waals surface area contributed by atoms with Crippen LogP contribution in [0.15, 0.2) is 0 Å². The number of nitrogens with one attached hydrogen (secondary N) is 2. The third-order valence-corrected chi connectivity index (χ3v) is 4.51. The fourth-order valence-electron chi connectivity index (χ4n) is 2.64. The van der Waals surface area contributed by atoms with Crippen molar-refractivity contribution in [2.45, 2.75) is 71.8 Å². The van der Waals surface area contributed by atoms with Gasteiger partial charge in [-0.25, -0.2) is 0 Å². The van der Waals surface area contributed by atoms with Gasteiger partial charge in [0.1, 0.15) is 0 Å². The van der Waals surface area contributed by atoms with Gasteiger partial charge in [0.05, 0.1) is 6.54 Å². The first-order valence-electron chi connectivity index (χ1n) is 7.94. The lowest BCUT2D eigenvalue weighted by Gasteiger charge is -2.26. The van der Waals surface area contributed by atoms with Gasteiger partial charge < -0.3 is 10.6 Å². The molecule has 0 radical (unpaired) electrons. The van der Waals surface area contributed by atoms with E-state index in [9.17, 15) is 4.79 Å². The fourth-order valence-corrected chi connectivity index (χ4v) is 2.64. The summed E-state index contributed by atoms with van der Waals surface area (Å²) in [5.41, 5.74) is -0.0850. The average Bonchev–Trinajstić information content (AvgIpc) is 2.36. The number of amides is 1. The van der Waals surface area contributed by atoms with E-state index in [0.717, 1.165) is 24.8 Å². The lowest BCUT2D eigenvalue weighted by Crippen LogP contribution is -2.46. The van der Waals surface area contributed by atoms with Crippen LogP contribution in [-0.2, 0) is 4.79 Å². The van der Waals surface area contributed by atoms with Crippen LogP contribution in [-0.4, -0.2) is 24.5 Å². The molecule has 0 aromatic heterocycles. The number of carbonyl (C=O) groups is 1. The molecular formula is C16H32N2O. The Morgan fingerprint density at radius 1 is 1.21 bits per heavy atom. The van der Waals surface area contributed by atoms with Crippen LogP contribution in [0.5, 0.6) is 0 Å². The number of rotatable bonds is 7. The highest BCUT2D eigenvalue weighted by Gasteiger charge is 2.19. The Morgan fingerprint density at radius 3 is 2.42 bits per heavy atom. The van der Waals surface area contributed by atoms with Gasteiger partial charge in [-0.1, -0.05) is 39.5 Å². The summed E-state index contributed by atoms with van der Waals surface area (Å²) in [7, 11) is 0. The first kappa shape index (κ1) is 16.5. The summed E-state index contributed by atoms with van der Waals surface area (Å²) < 4.78 is 0. The maximum atomic E-state index is 11.7. The molecule has 0 heterocycles. The summed E-state index contributed by atoms with van der Waals surface area (Å²) in [5.74, 6) is 1.91. The number of hydrogen-bond acceptors (Lipinski definition) is 2. The standard InChI is InChI=1S/C16H32N2O/c1-5-16(3,4)18-15(19)12-17-11-10-14-8-6-13(2)7-9-14/h13-14,17H,5-12H2,1-4H3,(H,18,19). The topological polar surface area (TPSA) is 41.1 Å². The molecule has 1 aliphatic rings. The van der Waals surface area contributed by atoms with Crippen molar-refractivity contribution in [3.05, 3.63) is 0 Å². The van der Waals surface area contributed by atoms with Crippen molar-refractivity contribution < 1.29 is 4.79 Å². The van der Waals surface area contributed by atoms with E-state index in [4.69, 9.17) is 0 Å². The van der Waals surface area contributed by atoms with Crippen molar-refractivity contribution in [3.63, 3.8) is 0 Å². The molecule has 0 aromatic carbocycles. The molecule has 0 saturated heterocycles. The molecule has 1 rings (SSSR count). The van der Waals surface area contributed by atoms with E-state index in [1.807, 2.05) is 0 Å². The maximum Gasteiger partial charge on any atom is 0.234 e. The van der Waals surface area contributed by atoms with Crippen LogP contribution in [0.3, 0.4) is 0 Å². The van der Waals surface area contributed by atoms with E-state index in [1.54, 1.807) is 0 Å². The van der Waals surface area contributed by atoms with Gasteiger partial charge in [0.25, 0.3) is 0 Å². The van der Waals surface area contributed by atoms with Crippen LogP contribution in [0.25, 0.3) is 0 Å². The van der Waals surface area contributed by atoms with Crippen molar-refractivity contribution in [2.75, 3.05) is 13.1 Å². The monoisotopic (exact) mass is 268 g/mol. The fraction of sp³-hybridized carbons (Fsp3) is 0.938. The van der Waals surface area contributed by atoms with Gasteiger partial charge >= 0.3 is 0 Å². The van der Waals surface area contributed by atoms with E-state index < -0.39 is 0 Å². The zero-order chi connectivity index (χ0) is 14.3. The minimum Gasteiger partial charge on any atom is -0.350 e. The van der Waals surface area contributed by atoms with Gasteiger partial charge in [-0.3, -0.25) is 4.79 Å². The Balaban J connectivity index is 2.06. The highest BCUT2D eigenvalue weighted by Crippen LogP contribution is 2.29. The summed E-state index contributed by atoms with van der Waals surface area (Å²) in [6.45, 7) is 10.00. The van der Waals surface area contributed by atoms with Gasteiger partial charge in [-0.2, -0.15) is 0 Å². The third-order valence-electron chi connectivity index (χ3n) is 4.51. The summed E-state index contributed by atoms with van der Waals surface area (Å²) >= 11 is 0. The minimum atomic E-state index is -0.0850. The Morgan fingerprint density at radius 2 is 1.84 bits per heavy atom. The Bertz CT molecular complexity index is 268. The van der Waals surface area contributed by atoms with E-state index >= 15 is 0 Å². The van der Waals surface area contributed by atoms with Crippen molar-refractivity contribution in [1.82, 2.24) is 10.6 Å². The molecule has 112 valence electrons. The Kier molecular flexibility index (Phi) is 6.84. The summed E-state index contributed by atoms with van der Waals surface area (Å²) in [6, 6.07) is 0. The zero-order valence-corrected chi connectivity index (χ0v) is 13.2. The van der Waals surface area contributed by atoms with Gasteiger partial charge in [0, 0.05) is 5.54 Å². The molecule has 0 spiro atoms. The average molecular weight is 268 g/mol. The number of hydrogen-bond donors (Lipinski definition) is 2. The third kappa shape index (κ3) is 6.95. The van der Waals surface area contributed by atoms with Crippen LogP contribution in [0.2, 0.25) is 0 Å². The van der Waals surface area contributed by atoms with Crippen LogP contribution in [0.4, 0.5) is 0 Å². The molecule has 0 bridgehead atoms. The molecular weight excluding hydrogens is 236 g/mol. The highest BCUT2D eigenvalue weighted by molar-refractivity contribution is 5.78. The van der Waals surface area contributed by atoms with Crippen molar-refractivity contribution in [1.29, 1.82) is 0 Å². The SMILES string of the molecule is CCC(C)(C)NC(=O)CNCCC1CCC(C)CC1. The molecule has 1 aliphatic carbocycles. The van der Waals surface area contributed by atoms with Gasteiger partial charge in [-0.05, 0) is 45.1 Å². The maximum absolute atomic E-state index is 11.7. The predicted molar refractivity (Wildman–Crippen MR) is 81.1 cm³/mol. The Hall–Kier alpha value is -0.570. The normalized spacial score (nSPS) is 24.2. The molecule has 0 atom stereocenters. The first-order chi connectivity index (χ1) is 8.93. The molecule has 1 saturated carbocycles. The second-order valence-corrected chi connectivity index (χ2v) is 6.88. The minimum absolute atomic E-state index is 0.0850. The summed E-state index contributed by atoms with van der Waals surface area (Å²) in [4.78, 5) is 11.7. The number of carbonyl (C=O) groups excluding carboxylic acids is 1. The second kappa shape index (κ2) is 7.88. The van der Waals surface area contributed by atoms with E-state index in [-0.39, 0.29) is 11.4 Å².